The highest BCUT2D eigenvalue weighted by Crippen LogP contribution is 2.38. The molecule has 0 saturated heterocycles. The van der Waals surface area contributed by atoms with E-state index in [1.807, 2.05) is 32.0 Å². The molecule has 6 nitrogen and oxygen atoms in total. The lowest BCUT2D eigenvalue weighted by molar-refractivity contribution is 0.478. The van der Waals surface area contributed by atoms with Crippen molar-refractivity contribution in [1.29, 1.82) is 0 Å². The van der Waals surface area contributed by atoms with Crippen LogP contribution in [-0.4, -0.2) is 14.8 Å². The van der Waals surface area contributed by atoms with Gasteiger partial charge in [0.2, 0.25) is 0 Å². The number of aromatic amines is 1. The van der Waals surface area contributed by atoms with Gasteiger partial charge in [0, 0.05) is 0 Å². The van der Waals surface area contributed by atoms with Crippen molar-refractivity contribution in [3.63, 3.8) is 0 Å². The zero-order chi connectivity index (χ0) is 18.8. The smallest absolute Gasteiger partial charge is 0.345 e. The molecule has 0 aliphatic heterocycles. The normalized spacial score (nSPS) is 10.8. The molecule has 0 atom stereocenters. The van der Waals surface area contributed by atoms with Gasteiger partial charge >= 0.3 is 5.69 Å². The third kappa shape index (κ3) is 3.98. The molecule has 0 radical (unpaired) electrons. The number of nitrogens with one attached hydrogen (secondary N) is 1. The molecule has 0 aliphatic carbocycles. The SMILES string of the molecule is Cc1ccc(C)c(Oc2c(Cl)cc(Cn3ncc(=O)[nH]c3=O)cc2Cl)c1. The van der Waals surface area contributed by atoms with Crippen LogP contribution in [0.25, 0.3) is 0 Å². The lowest BCUT2D eigenvalue weighted by atomic mass is 10.1. The van der Waals surface area contributed by atoms with Gasteiger partial charge in [-0.1, -0.05) is 35.3 Å². The number of aryl methyl sites for hydroxylation is 2. The molecule has 0 fully saturated rings. The molecule has 1 heterocycles. The summed E-state index contributed by atoms with van der Waals surface area (Å²) in [6.07, 6.45) is 1.03. The summed E-state index contributed by atoms with van der Waals surface area (Å²) in [5.74, 6) is 1.01. The van der Waals surface area contributed by atoms with Crippen molar-refractivity contribution in [3.8, 4) is 11.5 Å². The van der Waals surface area contributed by atoms with Gasteiger partial charge in [-0.05, 0) is 48.7 Å². The van der Waals surface area contributed by atoms with Crippen molar-refractivity contribution >= 4 is 23.2 Å². The van der Waals surface area contributed by atoms with Crippen molar-refractivity contribution in [2.75, 3.05) is 0 Å². The maximum atomic E-state index is 11.7. The van der Waals surface area contributed by atoms with Crippen LogP contribution < -0.4 is 16.0 Å². The minimum Gasteiger partial charge on any atom is -0.454 e. The maximum absolute atomic E-state index is 11.7. The Morgan fingerprint density at radius 2 is 1.81 bits per heavy atom. The fourth-order valence-corrected chi connectivity index (χ4v) is 3.00. The van der Waals surface area contributed by atoms with Gasteiger partial charge in [0.05, 0.1) is 16.6 Å². The van der Waals surface area contributed by atoms with Crippen LogP contribution in [0.3, 0.4) is 0 Å². The first-order valence-electron chi connectivity index (χ1n) is 7.73. The molecule has 26 heavy (non-hydrogen) atoms. The van der Waals surface area contributed by atoms with E-state index in [0.29, 0.717) is 27.1 Å². The van der Waals surface area contributed by atoms with E-state index in [9.17, 15) is 9.59 Å². The molecule has 0 amide bonds. The molecule has 0 bridgehead atoms. The van der Waals surface area contributed by atoms with Gasteiger partial charge in [0.25, 0.3) is 5.56 Å². The first-order valence-corrected chi connectivity index (χ1v) is 8.48. The van der Waals surface area contributed by atoms with Gasteiger partial charge in [-0.15, -0.1) is 0 Å². The molecule has 0 aliphatic rings. The predicted octanol–water partition coefficient (Wildman–Crippen LogP) is 3.70. The largest absolute Gasteiger partial charge is 0.454 e. The number of benzene rings is 2. The summed E-state index contributed by atoms with van der Waals surface area (Å²) in [4.78, 5) is 25.0. The highest BCUT2D eigenvalue weighted by Gasteiger charge is 2.13. The number of nitrogens with zero attached hydrogens (tertiary/aromatic N) is 2. The van der Waals surface area contributed by atoms with Crippen LogP contribution in [0.5, 0.6) is 11.5 Å². The fraction of sp³-hybridized carbons (Fsp3) is 0.167. The topological polar surface area (TPSA) is 77.0 Å². The molecular weight excluding hydrogens is 377 g/mol. The second kappa shape index (κ2) is 7.35. The van der Waals surface area contributed by atoms with Crippen molar-refractivity contribution in [3.05, 3.63) is 84.1 Å². The number of H-pyrrole nitrogens is 1. The number of rotatable bonds is 4. The molecule has 8 heteroatoms. The Labute approximate surface area is 159 Å². The minimum absolute atomic E-state index is 0.110. The van der Waals surface area contributed by atoms with Crippen LogP contribution >= 0.6 is 23.2 Å². The second-order valence-corrected chi connectivity index (χ2v) is 6.67. The van der Waals surface area contributed by atoms with Crippen LogP contribution in [-0.2, 0) is 6.54 Å². The Kier molecular flexibility index (Phi) is 5.15. The summed E-state index contributed by atoms with van der Waals surface area (Å²) >= 11 is 12.7. The molecular formula is C18H15Cl2N3O3. The molecule has 1 N–H and O–H groups in total. The van der Waals surface area contributed by atoms with Gasteiger partial charge in [-0.3, -0.25) is 9.78 Å². The van der Waals surface area contributed by atoms with Crippen LogP contribution in [0.2, 0.25) is 10.0 Å². The van der Waals surface area contributed by atoms with E-state index < -0.39 is 11.2 Å². The standard InChI is InChI=1S/C18H15Cl2N3O3/c1-10-3-4-11(2)15(5-10)26-17-13(19)6-12(7-14(17)20)9-23-18(25)22-16(24)8-21-23/h3-8H,9H2,1-2H3,(H,22,24,25). The summed E-state index contributed by atoms with van der Waals surface area (Å²) in [6, 6.07) is 9.14. The minimum atomic E-state index is -0.611. The number of hydrogen-bond donors (Lipinski definition) is 1. The Hall–Kier alpha value is -2.57. The maximum Gasteiger partial charge on any atom is 0.345 e. The molecule has 2 aromatic carbocycles. The lowest BCUT2D eigenvalue weighted by Crippen LogP contribution is -2.31. The third-order valence-corrected chi connectivity index (χ3v) is 4.29. The van der Waals surface area contributed by atoms with Crippen LogP contribution in [0.4, 0.5) is 0 Å². The number of hydrogen-bond acceptors (Lipinski definition) is 4. The monoisotopic (exact) mass is 391 g/mol. The van der Waals surface area contributed by atoms with Gasteiger partial charge in [-0.25, -0.2) is 9.48 Å². The summed E-state index contributed by atoms with van der Waals surface area (Å²) in [5, 5.41) is 4.41. The molecule has 1 aromatic heterocycles. The lowest BCUT2D eigenvalue weighted by Gasteiger charge is -2.14. The van der Waals surface area contributed by atoms with E-state index in [1.165, 1.54) is 0 Å². The Balaban J connectivity index is 1.92. The second-order valence-electron chi connectivity index (χ2n) is 5.86. The van der Waals surface area contributed by atoms with E-state index in [2.05, 4.69) is 10.1 Å². The highest BCUT2D eigenvalue weighted by atomic mass is 35.5. The molecule has 3 rings (SSSR count). The molecule has 0 spiro atoms. The van der Waals surface area contributed by atoms with E-state index in [0.717, 1.165) is 22.0 Å². The summed E-state index contributed by atoms with van der Waals surface area (Å²) in [7, 11) is 0. The summed E-state index contributed by atoms with van der Waals surface area (Å²) in [6.45, 7) is 4.01. The Morgan fingerprint density at radius 3 is 2.46 bits per heavy atom. The van der Waals surface area contributed by atoms with Gasteiger partial charge in [0.15, 0.2) is 5.75 Å². The van der Waals surface area contributed by atoms with E-state index >= 15 is 0 Å². The van der Waals surface area contributed by atoms with Crippen molar-refractivity contribution in [2.24, 2.45) is 0 Å². The van der Waals surface area contributed by atoms with E-state index in [-0.39, 0.29) is 6.54 Å². The predicted molar refractivity (Wildman–Crippen MR) is 101 cm³/mol. The zero-order valence-corrected chi connectivity index (χ0v) is 15.6. The summed E-state index contributed by atoms with van der Waals surface area (Å²) in [5.41, 5.74) is 1.49. The molecule has 0 unspecified atom stereocenters. The van der Waals surface area contributed by atoms with Gasteiger partial charge in [0.1, 0.15) is 11.9 Å². The van der Waals surface area contributed by atoms with E-state index in [1.54, 1.807) is 12.1 Å². The molecule has 3 aromatic rings. The first-order chi connectivity index (χ1) is 12.3. The zero-order valence-electron chi connectivity index (χ0n) is 14.0. The van der Waals surface area contributed by atoms with Crippen molar-refractivity contribution < 1.29 is 4.74 Å². The highest BCUT2D eigenvalue weighted by molar-refractivity contribution is 6.37. The van der Waals surface area contributed by atoms with Gasteiger partial charge in [-0.2, -0.15) is 5.10 Å². The Morgan fingerprint density at radius 1 is 1.12 bits per heavy atom. The van der Waals surface area contributed by atoms with Crippen LogP contribution in [0.1, 0.15) is 16.7 Å². The van der Waals surface area contributed by atoms with Crippen molar-refractivity contribution in [1.82, 2.24) is 14.8 Å². The average molecular weight is 392 g/mol. The van der Waals surface area contributed by atoms with E-state index in [4.69, 9.17) is 27.9 Å². The fourth-order valence-electron chi connectivity index (χ4n) is 2.39. The quantitative estimate of drug-likeness (QED) is 0.735. The number of halogens is 2. The van der Waals surface area contributed by atoms with Gasteiger partial charge < -0.3 is 4.74 Å². The van der Waals surface area contributed by atoms with Crippen LogP contribution in [0, 0.1) is 13.8 Å². The third-order valence-electron chi connectivity index (χ3n) is 3.73. The van der Waals surface area contributed by atoms with Crippen LogP contribution in [0.15, 0.2) is 46.1 Å². The first kappa shape index (κ1) is 18.2. The summed E-state index contributed by atoms with van der Waals surface area (Å²) < 4.78 is 7.01. The number of ether oxygens (including phenoxy) is 1. The van der Waals surface area contributed by atoms with Crippen molar-refractivity contribution in [2.45, 2.75) is 20.4 Å². The number of aromatic nitrogens is 3. The molecule has 0 saturated carbocycles. The Bertz CT molecular complexity index is 1070. The average Bonchev–Trinajstić information content (AvgIpc) is 2.56. The molecule has 134 valence electrons.